The summed E-state index contributed by atoms with van der Waals surface area (Å²) in [6, 6.07) is 8.30. The molecule has 2 rings (SSSR count). The second-order valence-corrected chi connectivity index (χ2v) is 7.23. The molecular formula is C16H24BrClN2O. The van der Waals surface area contributed by atoms with Gasteiger partial charge in [0.1, 0.15) is 0 Å². The average molecular weight is 376 g/mol. The maximum Gasteiger partial charge on any atom is 0.223 e. The van der Waals surface area contributed by atoms with Crippen molar-refractivity contribution in [3.05, 3.63) is 34.3 Å². The van der Waals surface area contributed by atoms with Gasteiger partial charge in [0.05, 0.1) is 0 Å². The maximum absolute atomic E-state index is 12.2. The maximum atomic E-state index is 12.2. The minimum atomic E-state index is -0.0616. The van der Waals surface area contributed by atoms with E-state index in [2.05, 4.69) is 52.5 Å². The fraction of sp³-hybridized carbons (Fsp3) is 0.562. The molecule has 1 atom stereocenters. The van der Waals surface area contributed by atoms with E-state index in [1.54, 1.807) is 0 Å². The number of nitrogens with one attached hydrogen (secondary N) is 2. The molecule has 1 aromatic carbocycles. The van der Waals surface area contributed by atoms with E-state index in [0.29, 0.717) is 12.5 Å². The summed E-state index contributed by atoms with van der Waals surface area (Å²) in [5.41, 5.74) is 1.17. The molecular weight excluding hydrogens is 352 g/mol. The number of rotatable bonds is 5. The van der Waals surface area contributed by atoms with Crippen molar-refractivity contribution >= 4 is 34.2 Å². The van der Waals surface area contributed by atoms with Gasteiger partial charge in [-0.1, -0.05) is 48.8 Å². The van der Waals surface area contributed by atoms with E-state index >= 15 is 0 Å². The summed E-state index contributed by atoms with van der Waals surface area (Å²) in [5.74, 6) is 0.754. The molecule has 5 heteroatoms. The lowest BCUT2D eigenvalue weighted by atomic mass is 9.84. The average Bonchev–Trinajstić information content (AvgIpc) is 2.34. The van der Waals surface area contributed by atoms with Crippen LogP contribution < -0.4 is 10.6 Å². The van der Waals surface area contributed by atoms with E-state index in [1.807, 2.05) is 19.1 Å². The second-order valence-electron chi connectivity index (χ2n) is 6.32. The van der Waals surface area contributed by atoms with E-state index in [9.17, 15) is 4.79 Å². The van der Waals surface area contributed by atoms with Gasteiger partial charge >= 0.3 is 0 Å². The molecule has 1 aliphatic heterocycles. The van der Waals surface area contributed by atoms with E-state index < -0.39 is 0 Å². The van der Waals surface area contributed by atoms with Crippen molar-refractivity contribution in [1.82, 2.24) is 10.6 Å². The summed E-state index contributed by atoms with van der Waals surface area (Å²) in [4.78, 5) is 12.2. The number of hydrogen-bond donors (Lipinski definition) is 2. The third-order valence-electron chi connectivity index (χ3n) is 4.26. The van der Waals surface area contributed by atoms with Crippen LogP contribution >= 0.6 is 28.3 Å². The summed E-state index contributed by atoms with van der Waals surface area (Å²) in [6.45, 7) is 8.93. The minimum absolute atomic E-state index is 0. The minimum Gasteiger partial charge on any atom is -0.355 e. The van der Waals surface area contributed by atoms with Crippen LogP contribution in [0, 0.1) is 11.8 Å². The molecule has 0 bridgehead atoms. The van der Waals surface area contributed by atoms with Crippen LogP contribution in [-0.4, -0.2) is 25.5 Å². The molecule has 1 fully saturated rings. The van der Waals surface area contributed by atoms with Crippen LogP contribution in [0.25, 0.3) is 0 Å². The molecule has 1 aliphatic rings. The molecule has 1 aromatic rings. The quantitative estimate of drug-likeness (QED) is 0.830. The molecule has 0 aliphatic carbocycles. The number of halogens is 2. The Labute approximate surface area is 141 Å². The number of amides is 1. The number of carbonyl (C=O) groups excluding carboxylic acids is 1. The fourth-order valence-electron chi connectivity index (χ4n) is 2.35. The van der Waals surface area contributed by atoms with Gasteiger partial charge in [-0.25, -0.2) is 0 Å². The highest BCUT2D eigenvalue weighted by Crippen LogP contribution is 2.24. The molecule has 1 heterocycles. The Morgan fingerprint density at radius 3 is 2.43 bits per heavy atom. The molecule has 1 saturated heterocycles. The fourth-order valence-corrected chi connectivity index (χ4v) is 2.62. The van der Waals surface area contributed by atoms with Crippen molar-refractivity contribution in [2.24, 2.45) is 11.8 Å². The van der Waals surface area contributed by atoms with Crippen molar-refractivity contribution in [3.63, 3.8) is 0 Å². The summed E-state index contributed by atoms with van der Waals surface area (Å²) < 4.78 is 1.08. The first-order chi connectivity index (χ1) is 9.40. The standard InChI is InChI=1S/C16H23BrN2O.ClH/c1-11(12-8-18-9-12)15(20)19-10-16(2,3)13-4-6-14(17)7-5-13;/h4-7,11-12,18H,8-10H2,1-3H3,(H,19,20);1H. The van der Waals surface area contributed by atoms with Gasteiger partial charge in [-0.2, -0.15) is 0 Å². The van der Waals surface area contributed by atoms with Gasteiger partial charge in [-0.3, -0.25) is 4.79 Å². The van der Waals surface area contributed by atoms with Crippen LogP contribution in [0.1, 0.15) is 26.3 Å². The predicted molar refractivity (Wildman–Crippen MR) is 92.9 cm³/mol. The van der Waals surface area contributed by atoms with Crippen LogP contribution in [0.2, 0.25) is 0 Å². The second kappa shape index (κ2) is 7.61. The van der Waals surface area contributed by atoms with Crippen molar-refractivity contribution in [1.29, 1.82) is 0 Å². The van der Waals surface area contributed by atoms with Crippen molar-refractivity contribution in [2.45, 2.75) is 26.2 Å². The molecule has 2 N–H and O–H groups in total. The summed E-state index contributed by atoms with van der Waals surface area (Å²) in [6.07, 6.45) is 0. The van der Waals surface area contributed by atoms with E-state index in [0.717, 1.165) is 17.6 Å². The normalized spacial score (nSPS) is 16.6. The summed E-state index contributed by atoms with van der Waals surface area (Å²) >= 11 is 3.45. The Hall–Kier alpha value is -0.580. The first kappa shape index (κ1) is 18.5. The van der Waals surface area contributed by atoms with E-state index in [1.165, 1.54) is 5.56 Å². The molecule has 0 saturated carbocycles. The van der Waals surface area contributed by atoms with Crippen molar-refractivity contribution in [2.75, 3.05) is 19.6 Å². The summed E-state index contributed by atoms with van der Waals surface area (Å²) in [7, 11) is 0. The highest BCUT2D eigenvalue weighted by Gasteiger charge is 2.30. The van der Waals surface area contributed by atoms with Crippen LogP contribution in [0.5, 0.6) is 0 Å². The molecule has 0 spiro atoms. The zero-order chi connectivity index (χ0) is 14.8. The van der Waals surface area contributed by atoms with Gasteiger partial charge in [-0.15, -0.1) is 12.4 Å². The molecule has 1 unspecified atom stereocenters. The zero-order valence-corrected chi connectivity index (χ0v) is 15.2. The Morgan fingerprint density at radius 1 is 1.38 bits per heavy atom. The number of carbonyl (C=O) groups is 1. The van der Waals surface area contributed by atoms with E-state index in [-0.39, 0.29) is 29.6 Å². The van der Waals surface area contributed by atoms with Gasteiger partial charge in [0, 0.05) is 22.4 Å². The zero-order valence-electron chi connectivity index (χ0n) is 12.8. The Kier molecular flexibility index (Phi) is 6.70. The smallest absolute Gasteiger partial charge is 0.223 e. The van der Waals surface area contributed by atoms with Crippen LogP contribution in [-0.2, 0) is 10.2 Å². The SMILES string of the molecule is CC(C(=O)NCC(C)(C)c1ccc(Br)cc1)C1CNC1.Cl. The van der Waals surface area contributed by atoms with Crippen molar-refractivity contribution in [3.8, 4) is 0 Å². The molecule has 21 heavy (non-hydrogen) atoms. The third-order valence-corrected chi connectivity index (χ3v) is 4.79. The molecule has 1 amide bonds. The Balaban J connectivity index is 0.00000220. The van der Waals surface area contributed by atoms with Gasteiger partial charge in [-0.05, 0) is 36.7 Å². The van der Waals surface area contributed by atoms with Gasteiger partial charge < -0.3 is 10.6 Å². The van der Waals surface area contributed by atoms with Gasteiger partial charge in [0.2, 0.25) is 5.91 Å². The molecule has 0 aromatic heterocycles. The number of benzene rings is 1. The van der Waals surface area contributed by atoms with Gasteiger partial charge in [0.25, 0.3) is 0 Å². The first-order valence-corrected chi connectivity index (χ1v) is 7.94. The largest absolute Gasteiger partial charge is 0.355 e. The lowest BCUT2D eigenvalue weighted by Gasteiger charge is -2.33. The molecule has 3 nitrogen and oxygen atoms in total. The molecule has 0 radical (unpaired) electrons. The number of hydrogen-bond acceptors (Lipinski definition) is 2. The van der Waals surface area contributed by atoms with Crippen molar-refractivity contribution < 1.29 is 4.79 Å². The van der Waals surface area contributed by atoms with Gasteiger partial charge in [0.15, 0.2) is 0 Å². The lowest BCUT2D eigenvalue weighted by Crippen LogP contribution is -2.50. The van der Waals surface area contributed by atoms with E-state index in [4.69, 9.17) is 0 Å². The summed E-state index contributed by atoms with van der Waals surface area (Å²) in [5, 5.41) is 6.32. The third kappa shape index (κ3) is 4.70. The first-order valence-electron chi connectivity index (χ1n) is 7.14. The Morgan fingerprint density at radius 2 is 1.95 bits per heavy atom. The lowest BCUT2D eigenvalue weighted by molar-refractivity contribution is -0.126. The van der Waals surface area contributed by atoms with Crippen LogP contribution in [0.3, 0.4) is 0 Å². The van der Waals surface area contributed by atoms with Crippen LogP contribution in [0.15, 0.2) is 28.7 Å². The highest BCUT2D eigenvalue weighted by atomic mass is 79.9. The predicted octanol–water partition coefficient (Wildman–Crippen LogP) is 3.12. The highest BCUT2D eigenvalue weighted by molar-refractivity contribution is 9.10. The van der Waals surface area contributed by atoms with Crippen LogP contribution in [0.4, 0.5) is 0 Å². The Bertz CT molecular complexity index is 472. The molecule has 118 valence electrons. The topological polar surface area (TPSA) is 41.1 Å². The monoisotopic (exact) mass is 374 g/mol.